The SMILES string of the molecule is CCCOCC(=O)C(C)NP(C)(=O)NC. The minimum atomic E-state index is -2.60. The van der Waals surface area contributed by atoms with Crippen molar-refractivity contribution in [3.8, 4) is 0 Å². The van der Waals surface area contributed by atoms with Crippen LogP contribution in [0.4, 0.5) is 0 Å². The molecule has 2 unspecified atom stereocenters. The molecule has 0 aromatic carbocycles. The molecule has 0 aromatic heterocycles. The zero-order valence-corrected chi connectivity index (χ0v) is 10.8. The molecule has 90 valence electrons. The Hall–Kier alpha value is -0.220. The molecule has 5 nitrogen and oxygen atoms in total. The van der Waals surface area contributed by atoms with Crippen molar-refractivity contribution in [1.82, 2.24) is 10.2 Å². The summed E-state index contributed by atoms with van der Waals surface area (Å²) in [7, 11) is -1.00. The Balaban J connectivity index is 3.94. The first-order valence-electron chi connectivity index (χ1n) is 5.07. The zero-order valence-electron chi connectivity index (χ0n) is 9.87. The van der Waals surface area contributed by atoms with E-state index in [1.807, 2.05) is 6.92 Å². The van der Waals surface area contributed by atoms with Crippen LogP contribution in [0.25, 0.3) is 0 Å². The molecule has 0 fully saturated rings. The van der Waals surface area contributed by atoms with Crippen molar-refractivity contribution < 1.29 is 14.1 Å². The molecule has 0 aromatic rings. The van der Waals surface area contributed by atoms with E-state index in [-0.39, 0.29) is 12.4 Å². The monoisotopic (exact) mass is 236 g/mol. The molecule has 0 aliphatic carbocycles. The number of ether oxygens (including phenoxy) is 1. The highest BCUT2D eigenvalue weighted by atomic mass is 31.2. The van der Waals surface area contributed by atoms with Crippen LogP contribution in [0.5, 0.6) is 0 Å². The molecule has 15 heavy (non-hydrogen) atoms. The normalized spacial score (nSPS) is 17.1. The van der Waals surface area contributed by atoms with Crippen molar-refractivity contribution >= 4 is 13.2 Å². The number of hydrogen-bond donors (Lipinski definition) is 2. The Morgan fingerprint density at radius 3 is 2.60 bits per heavy atom. The molecule has 2 N–H and O–H groups in total. The van der Waals surface area contributed by atoms with Gasteiger partial charge in [-0.25, -0.2) is 5.09 Å². The van der Waals surface area contributed by atoms with Gasteiger partial charge in [-0.15, -0.1) is 0 Å². The molecule has 0 bridgehead atoms. The topological polar surface area (TPSA) is 67.4 Å². The summed E-state index contributed by atoms with van der Waals surface area (Å²) in [6, 6.07) is -0.454. The smallest absolute Gasteiger partial charge is 0.208 e. The van der Waals surface area contributed by atoms with Gasteiger partial charge in [0.25, 0.3) is 0 Å². The Labute approximate surface area is 91.4 Å². The number of carbonyl (C=O) groups excluding carboxylic acids is 1. The second-order valence-electron chi connectivity index (χ2n) is 3.52. The first kappa shape index (κ1) is 14.8. The summed E-state index contributed by atoms with van der Waals surface area (Å²) in [6.45, 7) is 5.86. The minimum absolute atomic E-state index is 0.0751. The minimum Gasteiger partial charge on any atom is -0.374 e. The van der Waals surface area contributed by atoms with Crippen molar-refractivity contribution in [3.63, 3.8) is 0 Å². The van der Waals surface area contributed by atoms with E-state index in [9.17, 15) is 9.36 Å². The molecule has 0 heterocycles. The summed E-state index contributed by atoms with van der Waals surface area (Å²) in [5.74, 6) is -0.0826. The molecular weight excluding hydrogens is 215 g/mol. The fourth-order valence-electron chi connectivity index (χ4n) is 0.948. The van der Waals surface area contributed by atoms with Crippen LogP contribution in [0.15, 0.2) is 0 Å². The molecule has 2 atom stereocenters. The van der Waals surface area contributed by atoms with E-state index < -0.39 is 13.5 Å². The van der Waals surface area contributed by atoms with E-state index in [0.717, 1.165) is 6.42 Å². The molecule has 0 rings (SSSR count). The fraction of sp³-hybridized carbons (Fsp3) is 0.889. The third-order valence-corrected chi connectivity index (χ3v) is 3.68. The second-order valence-corrected chi connectivity index (χ2v) is 6.07. The molecule has 0 spiro atoms. The van der Waals surface area contributed by atoms with Gasteiger partial charge in [-0.2, -0.15) is 0 Å². The van der Waals surface area contributed by atoms with Gasteiger partial charge in [0.15, 0.2) is 5.78 Å². The number of ketones is 1. The van der Waals surface area contributed by atoms with E-state index in [2.05, 4.69) is 10.2 Å². The van der Waals surface area contributed by atoms with Crippen LogP contribution in [0.2, 0.25) is 0 Å². The molecule has 0 amide bonds. The summed E-state index contributed by atoms with van der Waals surface area (Å²) < 4.78 is 16.7. The first-order valence-corrected chi connectivity index (χ1v) is 7.23. The highest BCUT2D eigenvalue weighted by molar-refractivity contribution is 7.59. The van der Waals surface area contributed by atoms with Gasteiger partial charge in [0.2, 0.25) is 7.44 Å². The van der Waals surface area contributed by atoms with Crippen molar-refractivity contribution in [3.05, 3.63) is 0 Å². The third kappa shape index (κ3) is 6.79. The second kappa shape index (κ2) is 7.12. The number of rotatable bonds is 8. The first-order chi connectivity index (χ1) is 6.93. The maximum atomic E-state index is 11.6. The molecule has 6 heteroatoms. The molecule has 0 aliphatic heterocycles. The Morgan fingerprint density at radius 2 is 2.13 bits per heavy atom. The van der Waals surface area contributed by atoms with Crippen molar-refractivity contribution in [1.29, 1.82) is 0 Å². The molecule has 0 saturated carbocycles. The van der Waals surface area contributed by atoms with Crippen LogP contribution in [0, 0.1) is 0 Å². The standard InChI is InChI=1S/C9H21N2O3P/c1-5-6-14-7-9(12)8(2)11-15(4,13)10-3/h8H,5-7H2,1-4H3,(H2,10,11,13). The highest BCUT2D eigenvalue weighted by Gasteiger charge is 2.20. The molecule has 0 radical (unpaired) electrons. The summed E-state index contributed by atoms with van der Waals surface area (Å²) in [5.41, 5.74) is 0. The van der Waals surface area contributed by atoms with Gasteiger partial charge in [0.1, 0.15) is 6.61 Å². The lowest BCUT2D eigenvalue weighted by molar-refractivity contribution is -0.124. The van der Waals surface area contributed by atoms with Crippen LogP contribution in [-0.4, -0.2) is 38.8 Å². The highest BCUT2D eigenvalue weighted by Crippen LogP contribution is 2.29. The van der Waals surface area contributed by atoms with Gasteiger partial charge in [-0.1, -0.05) is 6.92 Å². The van der Waals surface area contributed by atoms with E-state index in [1.54, 1.807) is 20.6 Å². The van der Waals surface area contributed by atoms with E-state index in [0.29, 0.717) is 6.61 Å². The lowest BCUT2D eigenvalue weighted by Crippen LogP contribution is -2.36. The van der Waals surface area contributed by atoms with Gasteiger partial charge in [-0.3, -0.25) is 14.4 Å². The number of nitrogens with one attached hydrogen (secondary N) is 2. The molecular formula is C9H21N2O3P. The lowest BCUT2D eigenvalue weighted by atomic mass is 10.2. The summed E-state index contributed by atoms with van der Waals surface area (Å²) in [5, 5.41) is 5.39. The van der Waals surface area contributed by atoms with Crippen molar-refractivity contribution in [2.45, 2.75) is 26.3 Å². The predicted octanol–water partition coefficient (Wildman–Crippen LogP) is 1.00. The zero-order chi connectivity index (χ0) is 11.9. The lowest BCUT2D eigenvalue weighted by Gasteiger charge is -2.18. The maximum Gasteiger partial charge on any atom is 0.208 e. The van der Waals surface area contributed by atoms with E-state index in [1.165, 1.54) is 0 Å². The van der Waals surface area contributed by atoms with Crippen LogP contribution in [0.3, 0.4) is 0 Å². The average molecular weight is 236 g/mol. The summed E-state index contributed by atoms with van der Waals surface area (Å²) >= 11 is 0. The number of carbonyl (C=O) groups is 1. The number of hydrogen-bond acceptors (Lipinski definition) is 3. The molecule has 0 aliphatic rings. The van der Waals surface area contributed by atoms with Crippen LogP contribution in [0.1, 0.15) is 20.3 Å². The van der Waals surface area contributed by atoms with Gasteiger partial charge in [0, 0.05) is 13.3 Å². The Kier molecular flexibility index (Phi) is 7.02. The maximum absolute atomic E-state index is 11.6. The fourth-order valence-corrected chi connectivity index (χ4v) is 1.96. The summed E-state index contributed by atoms with van der Waals surface area (Å²) in [4.78, 5) is 11.5. The Morgan fingerprint density at radius 1 is 1.53 bits per heavy atom. The van der Waals surface area contributed by atoms with Crippen molar-refractivity contribution in [2.75, 3.05) is 26.9 Å². The summed E-state index contributed by atoms with van der Waals surface area (Å²) in [6.07, 6.45) is 0.887. The molecule has 0 saturated heterocycles. The van der Waals surface area contributed by atoms with Gasteiger partial charge in [0.05, 0.1) is 6.04 Å². The van der Waals surface area contributed by atoms with Gasteiger partial charge in [-0.05, 0) is 20.4 Å². The largest absolute Gasteiger partial charge is 0.374 e. The quantitative estimate of drug-likeness (QED) is 0.486. The van der Waals surface area contributed by atoms with Crippen LogP contribution < -0.4 is 10.2 Å². The van der Waals surface area contributed by atoms with Gasteiger partial charge >= 0.3 is 0 Å². The van der Waals surface area contributed by atoms with Crippen LogP contribution in [-0.2, 0) is 14.1 Å². The third-order valence-electron chi connectivity index (χ3n) is 1.94. The predicted molar refractivity (Wildman–Crippen MR) is 61.3 cm³/mol. The van der Waals surface area contributed by atoms with E-state index in [4.69, 9.17) is 4.74 Å². The van der Waals surface area contributed by atoms with Gasteiger partial charge < -0.3 is 4.74 Å². The van der Waals surface area contributed by atoms with E-state index >= 15 is 0 Å². The Bertz CT molecular complexity index is 246. The van der Waals surface area contributed by atoms with Crippen LogP contribution >= 0.6 is 7.44 Å². The average Bonchev–Trinajstić information content (AvgIpc) is 2.17. The van der Waals surface area contributed by atoms with Crippen molar-refractivity contribution in [2.24, 2.45) is 0 Å². The number of Topliss-reactive ketones (excluding diaryl/α,β-unsaturated/α-hetero) is 1.